The van der Waals surface area contributed by atoms with E-state index in [4.69, 9.17) is 11.6 Å². The van der Waals surface area contributed by atoms with Crippen LogP contribution in [-0.2, 0) is 0 Å². The van der Waals surface area contributed by atoms with Crippen molar-refractivity contribution < 1.29 is 0 Å². The van der Waals surface area contributed by atoms with Crippen LogP contribution in [0.15, 0.2) is 35.7 Å². The molecule has 2 rings (SSSR count). The zero-order chi connectivity index (χ0) is 11.4. The summed E-state index contributed by atoms with van der Waals surface area (Å²) >= 11 is 7.33. The Kier molecular flexibility index (Phi) is 3.80. The van der Waals surface area contributed by atoms with E-state index in [0.29, 0.717) is 11.2 Å². The van der Waals surface area contributed by atoms with Gasteiger partial charge in [-0.2, -0.15) is 0 Å². The lowest BCUT2D eigenvalue weighted by molar-refractivity contribution is 0.748. The number of aromatic nitrogens is 1. The highest BCUT2D eigenvalue weighted by Gasteiger charge is 2.10. The van der Waals surface area contributed by atoms with Crippen molar-refractivity contribution in [1.82, 2.24) is 4.98 Å². The summed E-state index contributed by atoms with van der Waals surface area (Å²) in [7, 11) is 0. The number of benzene rings is 1. The van der Waals surface area contributed by atoms with Crippen molar-refractivity contribution in [3.05, 3.63) is 46.4 Å². The molecular formula is C12H13ClN2S. The summed E-state index contributed by atoms with van der Waals surface area (Å²) in [5.41, 5.74) is 1.27. The van der Waals surface area contributed by atoms with Crippen molar-refractivity contribution in [3.8, 4) is 0 Å². The highest BCUT2D eigenvalue weighted by atomic mass is 35.5. The predicted molar refractivity (Wildman–Crippen MR) is 70.2 cm³/mol. The number of hydrogen-bond donors (Lipinski definition) is 1. The van der Waals surface area contributed by atoms with E-state index in [-0.39, 0.29) is 0 Å². The number of hydrogen-bond acceptors (Lipinski definition) is 3. The van der Waals surface area contributed by atoms with E-state index in [1.165, 1.54) is 16.9 Å². The molecule has 0 aliphatic heterocycles. The van der Waals surface area contributed by atoms with Gasteiger partial charge in [-0.25, -0.2) is 4.98 Å². The van der Waals surface area contributed by atoms with Gasteiger partial charge in [-0.1, -0.05) is 48.9 Å². The summed E-state index contributed by atoms with van der Waals surface area (Å²) in [4.78, 5) is 4.20. The second kappa shape index (κ2) is 5.32. The van der Waals surface area contributed by atoms with Crippen molar-refractivity contribution in [2.75, 3.05) is 5.32 Å². The van der Waals surface area contributed by atoms with Crippen molar-refractivity contribution in [1.29, 1.82) is 0 Å². The van der Waals surface area contributed by atoms with Gasteiger partial charge in [0.2, 0.25) is 0 Å². The average Bonchev–Trinajstić information content (AvgIpc) is 2.73. The maximum Gasteiger partial charge on any atom is 0.184 e. The minimum Gasteiger partial charge on any atom is -0.355 e. The van der Waals surface area contributed by atoms with Crippen LogP contribution >= 0.6 is 22.9 Å². The smallest absolute Gasteiger partial charge is 0.184 e. The van der Waals surface area contributed by atoms with E-state index in [0.717, 1.165) is 11.6 Å². The molecule has 0 aliphatic carbocycles. The number of nitrogens with one attached hydrogen (secondary N) is 1. The molecule has 1 unspecified atom stereocenters. The second-order valence-corrected chi connectivity index (χ2v) is 4.74. The SMILES string of the molecule is CCC(Nc1nc(Cl)cs1)c1ccccc1. The maximum absolute atomic E-state index is 5.79. The van der Waals surface area contributed by atoms with Gasteiger partial charge in [0.25, 0.3) is 0 Å². The molecule has 84 valence electrons. The molecule has 1 N–H and O–H groups in total. The highest BCUT2D eigenvalue weighted by Crippen LogP contribution is 2.26. The lowest BCUT2D eigenvalue weighted by Crippen LogP contribution is -2.09. The van der Waals surface area contributed by atoms with Crippen molar-refractivity contribution in [2.24, 2.45) is 0 Å². The van der Waals surface area contributed by atoms with Gasteiger partial charge < -0.3 is 5.32 Å². The molecule has 1 aromatic carbocycles. The normalized spacial score (nSPS) is 12.4. The van der Waals surface area contributed by atoms with Crippen LogP contribution in [0.4, 0.5) is 5.13 Å². The van der Waals surface area contributed by atoms with Crippen LogP contribution in [0.5, 0.6) is 0 Å². The van der Waals surface area contributed by atoms with Gasteiger partial charge >= 0.3 is 0 Å². The third-order valence-electron chi connectivity index (χ3n) is 2.38. The predicted octanol–water partition coefficient (Wildman–Crippen LogP) is 4.36. The molecule has 0 saturated carbocycles. The molecule has 0 aliphatic rings. The van der Waals surface area contributed by atoms with E-state index in [1.54, 1.807) is 0 Å². The standard InChI is InChI=1S/C12H13ClN2S/c1-2-10(9-6-4-3-5-7-9)14-12-15-11(13)8-16-12/h3-8,10H,2H2,1H3,(H,14,15). The van der Waals surface area contributed by atoms with E-state index in [2.05, 4.69) is 41.5 Å². The summed E-state index contributed by atoms with van der Waals surface area (Å²) < 4.78 is 0. The Morgan fingerprint density at radius 3 is 2.69 bits per heavy atom. The van der Waals surface area contributed by atoms with Gasteiger partial charge in [0.1, 0.15) is 5.15 Å². The number of halogens is 1. The van der Waals surface area contributed by atoms with Crippen LogP contribution < -0.4 is 5.32 Å². The number of nitrogens with zero attached hydrogens (tertiary/aromatic N) is 1. The Bertz CT molecular complexity index is 441. The van der Waals surface area contributed by atoms with Crippen LogP contribution in [0.2, 0.25) is 5.15 Å². The minimum absolute atomic E-state index is 0.295. The average molecular weight is 253 g/mol. The fourth-order valence-corrected chi connectivity index (χ4v) is 2.47. The second-order valence-electron chi connectivity index (χ2n) is 3.49. The fourth-order valence-electron chi connectivity index (χ4n) is 1.58. The number of rotatable bonds is 4. The lowest BCUT2D eigenvalue weighted by atomic mass is 10.1. The van der Waals surface area contributed by atoms with Crippen LogP contribution in [0.3, 0.4) is 0 Å². The van der Waals surface area contributed by atoms with Crippen LogP contribution in [0, 0.1) is 0 Å². The molecule has 0 spiro atoms. The van der Waals surface area contributed by atoms with E-state index in [9.17, 15) is 0 Å². The quantitative estimate of drug-likeness (QED) is 0.875. The molecule has 1 atom stereocenters. The first-order chi connectivity index (χ1) is 7.79. The third kappa shape index (κ3) is 2.74. The lowest BCUT2D eigenvalue weighted by Gasteiger charge is -2.16. The van der Waals surface area contributed by atoms with Crippen LogP contribution in [-0.4, -0.2) is 4.98 Å². The van der Waals surface area contributed by atoms with Gasteiger partial charge in [-0.3, -0.25) is 0 Å². The molecule has 1 heterocycles. The first-order valence-corrected chi connectivity index (χ1v) is 6.48. The van der Waals surface area contributed by atoms with Gasteiger partial charge in [0, 0.05) is 5.38 Å². The Hall–Kier alpha value is -1.06. The summed E-state index contributed by atoms with van der Waals surface area (Å²) in [6.07, 6.45) is 1.02. The molecule has 4 heteroatoms. The van der Waals surface area contributed by atoms with Gasteiger partial charge in [-0.05, 0) is 12.0 Å². The summed E-state index contributed by atoms with van der Waals surface area (Å²) in [6, 6.07) is 10.7. The molecule has 0 fully saturated rings. The first kappa shape index (κ1) is 11.4. The molecule has 0 radical (unpaired) electrons. The Morgan fingerprint density at radius 2 is 2.12 bits per heavy atom. The summed E-state index contributed by atoms with van der Waals surface area (Å²) in [6.45, 7) is 2.15. The van der Waals surface area contributed by atoms with Gasteiger partial charge in [0.15, 0.2) is 5.13 Å². The van der Waals surface area contributed by atoms with Crippen LogP contribution in [0.25, 0.3) is 0 Å². The van der Waals surface area contributed by atoms with Crippen molar-refractivity contribution >= 4 is 28.1 Å². The van der Waals surface area contributed by atoms with Crippen molar-refractivity contribution in [3.63, 3.8) is 0 Å². The summed E-state index contributed by atoms with van der Waals surface area (Å²) in [5.74, 6) is 0. The van der Waals surface area contributed by atoms with Crippen molar-refractivity contribution in [2.45, 2.75) is 19.4 Å². The van der Waals surface area contributed by atoms with Gasteiger partial charge in [-0.15, -0.1) is 11.3 Å². The minimum atomic E-state index is 0.295. The van der Waals surface area contributed by atoms with E-state index in [1.807, 2.05) is 11.4 Å². The fraction of sp³-hybridized carbons (Fsp3) is 0.250. The molecule has 1 aromatic heterocycles. The highest BCUT2D eigenvalue weighted by molar-refractivity contribution is 7.14. The van der Waals surface area contributed by atoms with Crippen LogP contribution in [0.1, 0.15) is 24.9 Å². The topological polar surface area (TPSA) is 24.9 Å². The Balaban J connectivity index is 2.12. The molecular weight excluding hydrogens is 240 g/mol. The summed E-state index contributed by atoms with van der Waals surface area (Å²) in [5, 5.41) is 6.65. The molecule has 0 amide bonds. The monoisotopic (exact) mass is 252 g/mol. The zero-order valence-corrected chi connectivity index (χ0v) is 10.6. The first-order valence-electron chi connectivity index (χ1n) is 5.22. The molecule has 0 bridgehead atoms. The Labute approximate surface area is 104 Å². The molecule has 2 nitrogen and oxygen atoms in total. The largest absolute Gasteiger partial charge is 0.355 e. The van der Waals surface area contributed by atoms with E-state index < -0.39 is 0 Å². The zero-order valence-electron chi connectivity index (χ0n) is 8.98. The van der Waals surface area contributed by atoms with E-state index >= 15 is 0 Å². The number of thiazole rings is 1. The number of anilines is 1. The molecule has 16 heavy (non-hydrogen) atoms. The van der Waals surface area contributed by atoms with Gasteiger partial charge in [0.05, 0.1) is 6.04 Å². The Morgan fingerprint density at radius 1 is 1.38 bits per heavy atom. The molecule has 0 saturated heterocycles. The third-order valence-corrected chi connectivity index (χ3v) is 3.48. The molecule has 2 aromatic rings. The maximum atomic E-state index is 5.79.